The molecular weight excluding hydrogens is 350 g/mol. The molecule has 0 radical (unpaired) electrons. The molecule has 146 valence electrons. The third-order valence-electron chi connectivity index (χ3n) is 4.34. The average Bonchev–Trinajstić information content (AvgIpc) is 2.64. The van der Waals surface area contributed by atoms with Crippen LogP contribution in [0.3, 0.4) is 0 Å². The number of phenols is 3. The van der Waals surface area contributed by atoms with Crippen LogP contribution in [0, 0.1) is 5.92 Å². The summed E-state index contributed by atoms with van der Waals surface area (Å²) in [5.74, 6) is -0.422. The van der Waals surface area contributed by atoms with E-state index >= 15 is 0 Å². The number of rotatable bonds is 9. The van der Waals surface area contributed by atoms with Crippen LogP contribution in [0.2, 0.25) is 0 Å². The van der Waals surface area contributed by atoms with Crippen LogP contribution in [0.4, 0.5) is 0 Å². The fourth-order valence-electron chi connectivity index (χ4n) is 2.82. The molecule has 7 heteroatoms. The summed E-state index contributed by atoms with van der Waals surface area (Å²) in [6.45, 7) is 0.238. The summed E-state index contributed by atoms with van der Waals surface area (Å²) in [7, 11) is 1.47. The van der Waals surface area contributed by atoms with Crippen LogP contribution in [0.1, 0.15) is 17.5 Å². The molecule has 0 saturated heterocycles. The second kappa shape index (κ2) is 9.68. The van der Waals surface area contributed by atoms with Gasteiger partial charge in [-0.25, -0.2) is 0 Å². The van der Waals surface area contributed by atoms with Crippen molar-refractivity contribution in [3.05, 3.63) is 47.5 Å². The average molecular weight is 375 g/mol. The number of ether oxygens (including phenoxy) is 1. The Morgan fingerprint density at radius 1 is 1.11 bits per heavy atom. The molecule has 2 rings (SSSR count). The van der Waals surface area contributed by atoms with Crippen LogP contribution >= 0.6 is 0 Å². The quantitative estimate of drug-likeness (QED) is 0.455. The van der Waals surface area contributed by atoms with Gasteiger partial charge in [0.1, 0.15) is 11.5 Å². The Morgan fingerprint density at radius 3 is 2.56 bits per heavy atom. The molecule has 1 atom stereocenters. The summed E-state index contributed by atoms with van der Waals surface area (Å²) in [5, 5.41) is 40.9. The molecule has 0 spiro atoms. The van der Waals surface area contributed by atoms with E-state index in [-0.39, 0.29) is 42.6 Å². The standard InChI is InChI=1S/C20H25NO6/c1-27-19-10-13(2-5-17(19)24)6-8-21-20(26)15(7-9-22)11-14-3-4-16(23)12-18(14)25/h2-5,10,12,15,22-25H,6-9,11H2,1H3,(H,21,26). The Balaban J connectivity index is 1.94. The molecule has 0 fully saturated rings. The highest BCUT2D eigenvalue weighted by Crippen LogP contribution is 2.27. The minimum atomic E-state index is -0.500. The molecule has 0 bridgehead atoms. The zero-order valence-corrected chi connectivity index (χ0v) is 15.2. The van der Waals surface area contributed by atoms with Crippen LogP contribution < -0.4 is 10.1 Å². The predicted octanol–water partition coefficient (Wildman–Crippen LogP) is 1.71. The normalized spacial score (nSPS) is 11.8. The van der Waals surface area contributed by atoms with Crippen molar-refractivity contribution in [2.75, 3.05) is 20.3 Å². The van der Waals surface area contributed by atoms with Crippen LogP contribution in [0.25, 0.3) is 0 Å². The van der Waals surface area contributed by atoms with Gasteiger partial charge in [-0.1, -0.05) is 12.1 Å². The maximum atomic E-state index is 12.5. The Bertz CT molecular complexity index is 777. The van der Waals surface area contributed by atoms with Crippen molar-refractivity contribution in [2.24, 2.45) is 5.92 Å². The number of carbonyl (C=O) groups is 1. The number of phenolic OH excluding ortho intramolecular Hbond substituents is 3. The number of aromatic hydroxyl groups is 3. The van der Waals surface area contributed by atoms with Gasteiger partial charge in [-0.15, -0.1) is 0 Å². The van der Waals surface area contributed by atoms with Crippen molar-refractivity contribution in [3.63, 3.8) is 0 Å². The number of carbonyl (C=O) groups excluding carboxylic acids is 1. The summed E-state index contributed by atoms with van der Waals surface area (Å²) in [4.78, 5) is 12.5. The van der Waals surface area contributed by atoms with E-state index in [1.54, 1.807) is 18.2 Å². The molecule has 0 aliphatic rings. The van der Waals surface area contributed by atoms with Gasteiger partial charge < -0.3 is 30.5 Å². The minimum absolute atomic E-state index is 0.0521. The molecule has 5 N–H and O–H groups in total. The first kappa shape index (κ1) is 20.4. The van der Waals surface area contributed by atoms with E-state index in [4.69, 9.17) is 4.74 Å². The molecule has 7 nitrogen and oxygen atoms in total. The predicted molar refractivity (Wildman–Crippen MR) is 100 cm³/mol. The highest BCUT2D eigenvalue weighted by molar-refractivity contribution is 5.79. The first-order valence-corrected chi connectivity index (χ1v) is 8.70. The Kier molecular flexibility index (Phi) is 7.31. The molecule has 0 aliphatic heterocycles. The number of hydrogen-bond acceptors (Lipinski definition) is 6. The van der Waals surface area contributed by atoms with Crippen molar-refractivity contribution in [2.45, 2.75) is 19.3 Å². The summed E-state index contributed by atoms with van der Waals surface area (Å²) >= 11 is 0. The summed E-state index contributed by atoms with van der Waals surface area (Å²) in [5.41, 5.74) is 1.43. The zero-order valence-electron chi connectivity index (χ0n) is 15.2. The van der Waals surface area contributed by atoms with Gasteiger partial charge in [0, 0.05) is 25.1 Å². The maximum absolute atomic E-state index is 12.5. The van der Waals surface area contributed by atoms with Crippen molar-refractivity contribution in [1.29, 1.82) is 0 Å². The fraction of sp³-hybridized carbons (Fsp3) is 0.350. The van der Waals surface area contributed by atoms with Crippen LogP contribution in [0.15, 0.2) is 36.4 Å². The molecule has 2 aromatic carbocycles. The Hall–Kier alpha value is -2.93. The highest BCUT2D eigenvalue weighted by atomic mass is 16.5. The van der Waals surface area contributed by atoms with Gasteiger partial charge in [0.2, 0.25) is 5.91 Å². The van der Waals surface area contributed by atoms with Crippen LogP contribution in [-0.4, -0.2) is 46.6 Å². The van der Waals surface area contributed by atoms with Gasteiger partial charge in [0.15, 0.2) is 11.5 Å². The Morgan fingerprint density at radius 2 is 1.89 bits per heavy atom. The molecule has 0 aliphatic carbocycles. The minimum Gasteiger partial charge on any atom is -0.508 e. The molecule has 0 heterocycles. The van der Waals surface area contributed by atoms with E-state index in [9.17, 15) is 25.2 Å². The van der Waals surface area contributed by atoms with Crippen molar-refractivity contribution in [3.8, 4) is 23.0 Å². The van der Waals surface area contributed by atoms with Crippen LogP contribution in [0.5, 0.6) is 23.0 Å². The number of aliphatic hydroxyl groups is 1. The number of methoxy groups -OCH3 is 1. The molecule has 27 heavy (non-hydrogen) atoms. The molecule has 0 aromatic heterocycles. The van der Waals surface area contributed by atoms with E-state index in [1.165, 1.54) is 25.3 Å². The lowest BCUT2D eigenvalue weighted by Crippen LogP contribution is -2.34. The van der Waals surface area contributed by atoms with Gasteiger partial charge in [-0.2, -0.15) is 0 Å². The van der Waals surface area contributed by atoms with E-state index in [0.717, 1.165) is 5.56 Å². The molecule has 2 aromatic rings. The molecule has 0 saturated carbocycles. The zero-order chi connectivity index (χ0) is 19.8. The van der Waals surface area contributed by atoms with E-state index < -0.39 is 5.92 Å². The monoisotopic (exact) mass is 375 g/mol. The van der Waals surface area contributed by atoms with Gasteiger partial charge in [0.05, 0.1) is 7.11 Å². The molecular formula is C20H25NO6. The number of amides is 1. The number of hydrogen-bond donors (Lipinski definition) is 5. The lowest BCUT2D eigenvalue weighted by Gasteiger charge is -2.17. The number of nitrogens with one attached hydrogen (secondary N) is 1. The summed E-state index contributed by atoms with van der Waals surface area (Å²) in [6, 6.07) is 9.23. The van der Waals surface area contributed by atoms with Gasteiger partial charge in [-0.05, 0) is 48.6 Å². The van der Waals surface area contributed by atoms with Gasteiger partial charge in [0.25, 0.3) is 0 Å². The smallest absolute Gasteiger partial charge is 0.223 e. The second-order valence-corrected chi connectivity index (χ2v) is 6.27. The highest BCUT2D eigenvalue weighted by Gasteiger charge is 2.20. The summed E-state index contributed by atoms with van der Waals surface area (Å²) in [6.07, 6.45) is 1.07. The van der Waals surface area contributed by atoms with Crippen LogP contribution in [-0.2, 0) is 17.6 Å². The largest absolute Gasteiger partial charge is 0.508 e. The molecule has 1 amide bonds. The first-order chi connectivity index (χ1) is 12.9. The van der Waals surface area contributed by atoms with Crippen molar-refractivity contribution < 1.29 is 30.0 Å². The fourth-order valence-corrected chi connectivity index (χ4v) is 2.82. The van der Waals surface area contributed by atoms with Gasteiger partial charge in [-0.3, -0.25) is 4.79 Å². The van der Waals surface area contributed by atoms with Crippen molar-refractivity contribution in [1.82, 2.24) is 5.32 Å². The lowest BCUT2D eigenvalue weighted by atomic mass is 9.94. The van der Waals surface area contributed by atoms with E-state index in [0.29, 0.717) is 24.3 Å². The number of aliphatic hydroxyl groups excluding tert-OH is 1. The first-order valence-electron chi connectivity index (χ1n) is 8.70. The maximum Gasteiger partial charge on any atom is 0.223 e. The second-order valence-electron chi connectivity index (χ2n) is 6.27. The topological polar surface area (TPSA) is 119 Å². The molecule has 1 unspecified atom stereocenters. The lowest BCUT2D eigenvalue weighted by molar-refractivity contribution is -0.125. The van der Waals surface area contributed by atoms with E-state index in [1.807, 2.05) is 0 Å². The Labute approximate surface area is 157 Å². The SMILES string of the molecule is COc1cc(CCNC(=O)C(CCO)Cc2ccc(O)cc2O)ccc1O. The third kappa shape index (κ3) is 5.79. The van der Waals surface area contributed by atoms with Gasteiger partial charge >= 0.3 is 0 Å². The van der Waals surface area contributed by atoms with Crippen molar-refractivity contribution >= 4 is 5.91 Å². The third-order valence-corrected chi connectivity index (χ3v) is 4.34. The van der Waals surface area contributed by atoms with E-state index in [2.05, 4.69) is 5.32 Å². The number of benzene rings is 2. The summed E-state index contributed by atoms with van der Waals surface area (Å²) < 4.78 is 5.06.